The molecule has 1 aromatic rings. The SMILES string of the molecule is CC(=O)n1cc(C)c(B(O)O)c1. The van der Waals surface area contributed by atoms with Crippen LogP contribution >= 0.6 is 0 Å². The normalized spacial score (nSPS) is 10.0. The fourth-order valence-electron chi connectivity index (χ4n) is 1.02. The van der Waals surface area contributed by atoms with E-state index in [0.29, 0.717) is 11.0 Å². The van der Waals surface area contributed by atoms with Gasteiger partial charge in [0.1, 0.15) is 0 Å². The highest BCUT2D eigenvalue weighted by Gasteiger charge is 2.16. The van der Waals surface area contributed by atoms with E-state index in [-0.39, 0.29) is 5.91 Å². The molecular formula is C7H10BNO3. The third kappa shape index (κ3) is 1.57. The number of carbonyl (C=O) groups is 1. The first-order chi connectivity index (χ1) is 5.52. The molecular weight excluding hydrogens is 157 g/mol. The van der Waals surface area contributed by atoms with Crippen LogP contribution in [0.5, 0.6) is 0 Å². The maximum atomic E-state index is 10.8. The van der Waals surface area contributed by atoms with Crippen LogP contribution in [0.3, 0.4) is 0 Å². The van der Waals surface area contributed by atoms with Gasteiger partial charge in [-0.05, 0) is 12.5 Å². The van der Waals surface area contributed by atoms with E-state index in [1.54, 1.807) is 13.1 Å². The van der Waals surface area contributed by atoms with Crippen molar-refractivity contribution in [3.63, 3.8) is 0 Å². The third-order valence-electron chi connectivity index (χ3n) is 1.71. The van der Waals surface area contributed by atoms with Crippen molar-refractivity contribution < 1.29 is 14.8 Å². The van der Waals surface area contributed by atoms with Crippen molar-refractivity contribution >= 4 is 18.5 Å². The van der Waals surface area contributed by atoms with Crippen LogP contribution in [0.25, 0.3) is 0 Å². The van der Waals surface area contributed by atoms with Gasteiger partial charge in [-0.3, -0.25) is 9.36 Å². The van der Waals surface area contributed by atoms with Crippen LogP contribution in [-0.4, -0.2) is 27.6 Å². The van der Waals surface area contributed by atoms with Gasteiger partial charge < -0.3 is 10.0 Å². The van der Waals surface area contributed by atoms with Crippen LogP contribution in [0.15, 0.2) is 12.4 Å². The van der Waals surface area contributed by atoms with E-state index in [1.807, 2.05) is 0 Å². The Bertz CT molecular complexity index is 306. The Hall–Kier alpha value is -1.07. The van der Waals surface area contributed by atoms with Crippen molar-refractivity contribution in [3.8, 4) is 0 Å². The van der Waals surface area contributed by atoms with Crippen LogP contribution in [0, 0.1) is 6.92 Å². The molecule has 0 saturated carbocycles. The molecule has 0 atom stereocenters. The molecule has 4 nitrogen and oxygen atoms in total. The average Bonchev–Trinajstić information content (AvgIpc) is 2.30. The molecule has 0 aromatic carbocycles. The first-order valence-corrected chi connectivity index (χ1v) is 3.58. The fourth-order valence-corrected chi connectivity index (χ4v) is 1.02. The molecule has 0 amide bonds. The predicted molar refractivity (Wildman–Crippen MR) is 45.3 cm³/mol. The Labute approximate surface area is 70.6 Å². The highest BCUT2D eigenvalue weighted by molar-refractivity contribution is 6.59. The van der Waals surface area contributed by atoms with Crippen LogP contribution < -0.4 is 5.46 Å². The number of hydrogen-bond donors (Lipinski definition) is 2. The predicted octanol–water partition coefficient (Wildman–Crippen LogP) is -0.864. The van der Waals surface area contributed by atoms with E-state index in [0.717, 1.165) is 0 Å². The van der Waals surface area contributed by atoms with Crippen molar-refractivity contribution in [2.24, 2.45) is 0 Å². The van der Waals surface area contributed by atoms with Crippen LogP contribution in [0.4, 0.5) is 0 Å². The standard InChI is InChI=1S/C7H10BNO3/c1-5-3-9(6(2)10)4-7(5)8(11)12/h3-4,11-12H,1-2H3. The van der Waals surface area contributed by atoms with Gasteiger partial charge in [0, 0.05) is 24.8 Å². The van der Waals surface area contributed by atoms with Crippen LogP contribution in [0.2, 0.25) is 0 Å². The summed E-state index contributed by atoms with van der Waals surface area (Å²) >= 11 is 0. The molecule has 0 unspecified atom stereocenters. The van der Waals surface area contributed by atoms with Gasteiger partial charge in [-0.25, -0.2) is 0 Å². The molecule has 0 aliphatic rings. The van der Waals surface area contributed by atoms with Crippen LogP contribution in [0.1, 0.15) is 17.3 Å². The van der Waals surface area contributed by atoms with Crippen molar-refractivity contribution in [2.45, 2.75) is 13.8 Å². The first kappa shape index (κ1) is 9.03. The summed E-state index contributed by atoms with van der Waals surface area (Å²) in [7, 11) is -1.51. The third-order valence-corrected chi connectivity index (χ3v) is 1.71. The highest BCUT2D eigenvalue weighted by Crippen LogP contribution is 1.96. The van der Waals surface area contributed by atoms with Gasteiger partial charge >= 0.3 is 7.12 Å². The van der Waals surface area contributed by atoms with E-state index in [9.17, 15) is 4.79 Å². The van der Waals surface area contributed by atoms with Crippen molar-refractivity contribution in [1.29, 1.82) is 0 Å². The largest absolute Gasteiger partial charge is 0.490 e. The number of carbonyl (C=O) groups excluding carboxylic acids is 1. The molecule has 0 fully saturated rings. The number of hydrogen-bond acceptors (Lipinski definition) is 3. The van der Waals surface area contributed by atoms with E-state index in [1.165, 1.54) is 17.7 Å². The zero-order chi connectivity index (χ0) is 9.30. The Morgan fingerprint density at radius 1 is 1.50 bits per heavy atom. The summed E-state index contributed by atoms with van der Waals surface area (Å²) in [5.41, 5.74) is 1.06. The van der Waals surface area contributed by atoms with Gasteiger partial charge in [-0.1, -0.05) is 0 Å². The molecule has 0 bridgehead atoms. The molecule has 64 valence electrons. The maximum Gasteiger partial charge on any atom is 0.490 e. The molecule has 1 heterocycles. The Morgan fingerprint density at radius 3 is 2.33 bits per heavy atom. The number of aryl methyl sites for hydroxylation is 1. The molecule has 5 heteroatoms. The van der Waals surface area contributed by atoms with Gasteiger partial charge in [0.25, 0.3) is 0 Å². The van der Waals surface area contributed by atoms with Gasteiger partial charge in [0.05, 0.1) is 0 Å². The van der Waals surface area contributed by atoms with Crippen molar-refractivity contribution in [1.82, 2.24) is 4.57 Å². The molecule has 0 saturated heterocycles. The monoisotopic (exact) mass is 167 g/mol. The average molecular weight is 167 g/mol. The lowest BCUT2D eigenvalue weighted by atomic mass is 9.80. The molecule has 0 spiro atoms. The first-order valence-electron chi connectivity index (χ1n) is 3.58. The summed E-state index contributed by atoms with van der Waals surface area (Å²) < 4.78 is 1.32. The second-order valence-corrected chi connectivity index (χ2v) is 2.70. The molecule has 1 aromatic heterocycles. The van der Waals surface area contributed by atoms with Gasteiger partial charge in [0.2, 0.25) is 5.91 Å². The molecule has 0 aliphatic heterocycles. The minimum Gasteiger partial charge on any atom is -0.423 e. The highest BCUT2D eigenvalue weighted by atomic mass is 16.4. The van der Waals surface area contributed by atoms with E-state index >= 15 is 0 Å². The van der Waals surface area contributed by atoms with E-state index < -0.39 is 7.12 Å². The molecule has 2 N–H and O–H groups in total. The zero-order valence-corrected chi connectivity index (χ0v) is 6.98. The topological polar surface area (TPSA) is 62.5 Å². The fraction of sp³-hybridized carbons (Fsp3) is 0.286. The molecule has 1 rings (SSSR count). The second-order valence-electron chi connectivity index (χ2n) is 2.70. The smallest absolute Gasteiger partial charge is 0.423 e. The maximum absolute atomic E-state index is 10.8. The number of rotatable bonds is 1. The van der Waals surface area contributed by atoms with Crippen LogP contribution in [-0.2, 0) is 0 Å². The zero-order valence-electron chi connectivity index (χ0n) is 6.98. The van der Waals surface area contributed by atoms with Crippen molar-refractivity contribution in [2.75, 3.05) is 0 Å². The lowest BCUT2D eigenvalue weighted by Crippen LogP contribution is -2.30. The summed E-state index contributed by atoms with van der Waals surface area (Å²) in [6.45, 7) is 3.13. The lowest BCUT2D eigenvalue weighted by molar-refractivity contribution is 0.0937. The summed E-state index contributed by atoms with van der Waals surface area (Å²) in [6, 6.07) is 0. The minimum absolute atomic E-state index is 0.148. The molecule has 12 heavy (non-hydrogen) atoms. The quantitative estimate of drug-likeness (QED) is 0.534. The number of aromatic nitrogens is 1. The van der Waals surface area contributed by atoms with Gasteiger partial charge in [-0.2, -0.15) is 0 Å². The summed E-state index contributed by atoms with van der Waals surface area (Å²) in [4.78, 5) is 10.8. The van der Waals surface area contributed by atoms with Gasteiger partial charge in [0.15, 0.2) is 0 Å². The number of nitrogens with zero attached hydrogens (tertiary/aromatic N) is 1. The Balaban J connectivity index is 3.09. The van der Waals surface area contributed by atoms with E-state index in [2.05, 4.69) is 0 Å². The Morgan fingerprint density at radius 2 is 2.08 bits per heavy atom. The van der Waals surface area contributed by atoms with Gasteiger partial charge in [-0.15, -0.1) is 0 Å². The summed E-state index contributed by atoms with van der Waals surface area (Å²) in [5.74, 6) is -0.148. The minimum atomic E-state index is -1.51. The molecule has 0 aliphatic carbocycles. The molecule has 0 radical (unpaired) electrons. The summed E-state index contributed by atoms with van der Waals surface area (Å²) in [6.07, 6.45) is 2.99. The van der Waals surface area contributed by atoms with E-state index in [4.69, 9.17) is 10.0 Å². The van der Waals surface area contributed by atoms with Crippen molar-refractivity contribution in [3.05, 3.63) is 18.0 Å². The Kier molecular flexibility index (Phi) is 2.35. The summed E-state index contributed by atoms with van der Waals surface area (Å²) in [5, 5.41) is 17.7. The second kappa shape index (κ2) is 3.12. The lowest BCUT2D eigenvalue weighted by Gasteiger charge is -1.94.